The molecular weight excluding hydrogens is 360 g/mol. The van der Waals surface area contributed by atoms with E-state index in [0.717, 1.165) is 17.7 Å². The Kier molecular flexibility index (Phi) is 4.36. The van der Waals surface area contributed by atoms with E-state index in [4.69, 9.17) is 11.6 Å². The van der Waals surface area contributed by atoms with Crippen molar-refractivity contribution in [1.29, 1.82) is 0 Å². The summed E-state index contributed by atoms with van der Waals surface area (Å²) in [5, 5.41) is 15.2. The van der Waals surface area contributed by atoms with Crippen LogP contribution in [-0.2, 0) is 5.41 Å². The molecule has 0 aromatic heterocycles. The number of nitro groups is 1. The fourth-order valence-corrected chi connectivity index (χ4v) is 4.14. The normalized spacial score (nSPS) is 21.2. The quantitative estimate of drug-likeness (QED) is 0.441. The summed E-state index contributed by atoms with van der Waals surface area (Å²) in [5.74, 6) is 0. The van der Waals surface area contributed by atoms with E-state index in [1.165, 1.54) is 11.1 Å². The average Bonchev–Trinajstić information content (AvgIpc) is 2.69. The van der Waals surface area contributed by atoms with Gasteiger partial charge in [0.15, 0.2) is 0 Å². The molecule has 0 unspecified atom stereocenters. The Morgan fingerprint density at radius 2 is 1.78 bits per heavy atom. The third-order valence-corrected chi connectivity index (χ3v) is 5.67. The molecule has 0 spiro atoms. The van der Waals surface area contributed by atoms with E-state index in [2.05, 4.69) is 24.4 Å². The van der Waals surface area contributed by atoms with Crippen LogP contribution in [0, 0.1) is 10.1 Å². The summed E-state index contributed by atoms with van der Waals surface area (Å²) in [5.41, 5.74) is 4.34. The van der Waals surface area contributed by atoms with E-state index in [9.17, 15) is 10.1 Å². The number of non-ortho nitro benzene ring substituents is 1. The van der Waals surface area contributed by atoms with Gasteiger partial charge in [-0.3, -0.25) is 10.1 Å². The number of benzene rings is 3. The minimum Gasteiger partial charge on any atom is -0.378 e. The number of hydrogen-bond donors (Lipinski definition) is 1. The molecule has 2 atom stereocenters. The summed E-state index contributed by atoms with van der Waals surface area (Å²) >= 11 is 6.30. The minimum atomic E-state index is -0.372. The number of halogens is 1. The first-order chi connectivity index (χ1) is 13.0. The number of rotatable bonds is 3. The zero-order chi connectivity index (χ0) is 19.0. The lowest BCUT2D eigenvalue weighted by molar-refractivity contribution is -0.384. The lowest BCUT2D eigenvalue weighted by Crippen LogP contribution is -2.34. The molecule has 1 aliphatic heterocycles. The Morgan fingerprint density at radius 3 is 2.44 bits per heavy atom. The number of nitro benzene ring substituents is 1. The van der Waals surface area contributed by atoms with E-state index < -0.39 is 0 Å². The summed E-state index contributed by atoms with van der Waals surface area (Å²) in [7, 11) is 0. The van der Waals surface area contributed by atoms with Crippen LogP contribution < -0.4 is 5.32 Å². The highest BCUT2D eigenvalue weighted by Gasteiger charge is 2.38. The van der Waals surface area contributed by atoms with Crippen LogP contribution in [0.2, 0.25) is 5.02 Å². The molecule has 1 heterocycles. The molecule has 5 heteroatoms. The van der Waals surface area contributed by atoms with Crippen LogP contribution in [0.5, 0.6) is 0 Å². The van der Waals surface area contributed by atoms with Gasteiger partial charge in [-0.1, -0.05) is 61.0 Å². The molecule has 3 aromatic rings. The van der Waals surface area contributed by atoms with Crippen molar-refractivity contribution in [3.05, 3.63) is 105 Å². The standard InChI is InChI=1S/C22H19ClN2O2/c1-22(16-5-3-2-4-6-16)14-21(15-7-10-18(11-8-15)25(26)27)24-20-12-9-17(23)13-19(20)22/h2-13,21,24H,14H2,1H3/t21-,22-/m0/s1. The van der Waals surface area contributed by atoms with Gasteiger partial charge in [-0.2, -0.15) is 0 Å². The number of fused-ring (bicyclic) bond motifs is 1. The SMILES string of the molecule is C[C@@]1(c2ccccc2)C[C@@H](c2ccc([N+](=O)[O-])cc2)Nc2ccc(Cl)cc21. The van der Waals surface area contributed by atoms with E-state index in [-0.39, 0.29) is 22.1 Å². The largest absolute Gasteiger partial charge is 0.378 e. The van der Waals surface area contributed by atoms with Crippen molar-refractivity contribution in [3.8, 4) is 0 Å². The van der Waals surface area contributed by atoms with Gasteiger partial charge in [0.05, 0.1) is 11.0 Å². The molecule has 1 aliphatic rings. The predicted octanol–water partition coefficient (Wildman–Crippen LogP) is 6.11. The summed E-state index contributed by atoms with van der Waals surface area (Å²) in [4.78, 5) is 10.6. The van der Waals surface area contributed by atoms with E-state index >= 15 is 0 Å². The molecule has 4 rings (SSSR count). The molecule has 0 amide bonds. The summed E-state index contributed by atoms with van der Waals surface area (Å²) in [6, 6.07) is 23.2. The van der Waals surface area contributed by atoms with Gasteiger partial charge in [-0.25, -0.2) is 0 Å². The van der Waals surface area contributed by atoms with Crippen LogP contribution in [0.3, 0.4) is 0 Å². The predicted molar refractivity (Wildman–Crippen MR) is 108 cm³/mol. The Balaban J connectivity index is 1.80. The molecule has 3 aromatic carbocycles. The van der Waals surface area contributed by atoms with Gasteiger partial charge in [-0.15, -0.1) is 0 Å². The van der Waals surface area contributed by atoms with Crippen LogP contribution in [0.25, 0.3) is 0 Å². The van der Waals surface area contributed by atoms with Gasteiger partial charge >= 0.3 is 0 Å². The van der Waals surface area contributed by atoms with Gasteiger partial charge in [0.1, 0.15) is 0 Å². The zero-order valence-corrected chi connectivity index (χ0v) is 15.6. The maximum atomic E-state index is 10.9. The van der Waals surface area contributed by atoms with Crippen molar-refractivity contribution in [2.24, 2.45) is 0 Å². The van der Waals surface area contributed by atoms with Crippen LogP contribution >= 0.6 is 11.6 Å². The van der Waals surface area contributed by atoms with Gasteiger partial charge < -0.3 is 5.32 Å². The minimum absolute atomic E-state index is 0.0460. The first-order valence-electron chi connectivity index (χ1n) is 8.84. The van der Waals surface area contributed by atoms with Gasteiger partial charge in [0.2, 0.25) is 0 Å². The van der Waals surface area contributed by atoms with Crippen molar-refractivity contribution in [2.45, 2.75) is 24.8 Å². The second kappa shape index (κ2) is 6.71. The van der Waals surface area contributed by atoms with Crippen LogP contribution in [0.4, 0.5) is 11.4 Å². The summed E-state index contributed by atoms with van der Waals surface area (Å²) < 4.78 is 0. The zero-order valence-electron chi connectivity index (χ0n) is 14.9. The second-order valence-electron chi connectivity index (χ2n) is 7.14. The highest BCUT2D eigenvalue weighted by Crippen LogP contribution is 2.48. The van der Waals surface area contributed by atoms with Gasteiger partial charge in [0.25, 0.3) is 5.69 Å². The molecule has 27 heavy (non-hydrogen) atoms. The molecule has 1 N–H and O–H groups in total. The molecular formula is C22H19ClN2O2. The van der Waals surface area contributed by atoms with Crippen molar-refractivity contribution in [1.82, 2.24) is 0 Å². The monoisotopic (exact) mass is 378 g/mol. The van der Waals surface area contributed by atoms with E-state index in [0.29, 0.717) is 5.02 Å². The van der Waals surface area contributed by atoms with Crippen molar-refractivity contribution in [2.75, 3.05) is 5.32 Å². The Labute approximate surface area is 163 Å². The first kappa shape index (κ1) is 17.6. The van der Waals surface area contributed by atoms with Gasteiger partial charge in [-0.05, 0) is 41.3 Å². The topological polar surface area (TPSA) is 55.2 Å². The molecule has 4 nitrogen and oxygen atoms in total. The van der Waals surface area contributed by atoms with E-state index in [1.807, 2.05) is 48.5 Å². The Hall–Kier alpha value is -2.85. The maximum Gasteiger partial charge on any atom is 0.269 e. The number of anilines is 1. The molecule has 0 bridgehead atoms. The molecule has 136 valence electrons. The van der Waals surface area contributed by atoms with Gasteiger partial charge in [0, 0.05) is 28.3 Å². The fourth-order valence-electron chi connectivity index (χ4n) is 3.96. The number of nitrogens with zero attached hydrogens (tertiary/aromatic N) is 1. The number of nitrogens with one attached hydrogen (secondary N) is 1. The number of hydrogen-bond acceptors (Lipinski definition) is 3. The average molecular weight is 379 g/mol. The van der Waals surface area contributed by atoms with Crippen molar-refractivity contribution < 1.29 is 4.92 Å². The lowest BCUT2D eigenvalue weighted by Gasteiger charge is -2.42. The third-order valence-electron chi connectivity index (χ3n) is 5.44. The third kappa shape index (κ3) is 3.17. The molecule has 0 radical (unpaired) electrons. The van der Waals surface area contributed by atoms with E-state index in [1.54, 1.807) is 12.1 Å². The van der Waals surface area contributed by atoms with Crippen LogP contribution in [0.1, 0.15) is 36.1 Å². The molecule has 0 fully saturated rings. The summed E-state index contributed by atoms with van der Waals surface area (Å²) in [6.45, 7) is 2.23. The smallest absolute Gasteiger partial charge is 0.269 e. The molecule has 0 saturated carbocycles. The fraction of sp³-hybridized carbons (Fsp3) is 0.182. The molecule has 0 aliphatic carbocycles. The summed E-state index contributed by atoms with van der Waals surface area (Å²) in [6.07, 6.45) is 0.822. The first-order valence-corrected chi connectivity index (χ1v) is 9.21. The molecule has 0 saturated heterocycles. The lowest BCUT2D eigenvalue weighted by atomic mass is 9.68. The Morgan fingerprint density at radius 1 is 1.07 bits per heavy atom. The van der Waals surface area contributed by atoms with Crippen LogP contribution in [-0.4, -0.2) is 4.92 Å². The van der Waals surface area contributed by atoms with Crippen molar-refractivity contribution >= 4 is 23.0 Å². The highest BCUT2D eigenvalue weighted by molar-refractivity contribution is 6.30. The van der Waals surface area contributed by atoms with Crippen LogP contribution in [0.15, 0.2) is 72.8 Å². The second-order valence-corrected chi connectivity index (χ2v) is 7.57. The maximum absolute atomic E-state index is 10.9. The van der Waals surface area contributed by atoms with Crippen molar-refractivity contribution in [3.63, 3.8) is 0 Å². The Bertz CT molecular complexity index is 989. The highest BCUT2D eigenvalue weighted by atomic mass is 35.5.